The molecule has 1 nitrogen and oxygen atoms in total. The van der Waals surface area contributed by atoms with Gasteiger partial charge in [0.2, 0.25) is 0 Å². The highest BCUT2D eigenvalue weighted by Crippen LogP contribution is 2.34. The fourth-order valence-electron chi connectivity index (χ4n) is 4.51. The monoisotopic (exact) mass is 473 g/mol. The molecule has 0 saturated carbocycles. The van der Waals surface area contributed by atoms with Gasteiger partial charge in [0.15, 0.2) is 0 Å². The normalized spacial score (nSPS) is 11.3. The van der Waals surface area contributed by atoms with Crippen molar-refractivity contribution in [2.45, 2.75) is 0 Å². The van der Waals surface area contributed by atoms with Crippen molar-refractivity contribution in [3.8, 4) is 27.9 Å². The van der Waals surface area contributed by atoms with Gasteiger partial charge in [0.25, 0.3) is 0 Å². The zero-order valence-corrected chi connectivity index (χ0v) is 19.0. The SMILES string of the molecule is Brc1ccc2c(c1)c1ccccc1n2-c1ccc(-c2ccc(-c3ccccc3)cc2)cc1. The van der Waals surface area contributed by atoms with Gasteiger partial charge in [-0.2, -0.15) is 0 Å². The summed E-state index contributed by atoms with van der Waals surface area (Å²) in [6.45, 7) is 0. The van der Waals surface area contributed by atoms with E-state index in [0.29, 0.717) is 0 Å². The standard InChI is InChI=1S/C30H20BrN/c31-25-16-19-30-28(20-25)27-8-4-5-9-29(27)32(30)26-17-14-24(15-18-26)23-12-10-22(11-13-23)21-6-2-1-3-7-21/h1-20H. The molecule has 0 atom stereocenters. The van der Waals surface area contributed by atoms with Gasteiger partial charge in [-0.05, 0) is 58.7 Å². The Morgan fingerprint density at radius 2 is 0.969 bits per heavy atom. The van der Waals surface area contributed by atoms with Gasteiger partial charge < -0.3 is 4.57 Å². The molecule has 0 bridgehead atoms. The molecule has 1 aromatic heterocycles. The van der Waals surface area contributed by atoms with Crippen LogP contribution in [0.1, 0.15) is 0 Å². The first-order valence-corrected chi connectivity index (χ1v) is 11.5. The zero-order valence-electron chi connectivity index (χ0n) is 17.4. The van der Waals surface area contributed by atoms with E-state index >= 15 is 0 Å². The van der Waals surface area contributed by atoms with Crippen molar-refractivity contribution in [3.05, 3.63) is 126 Å². The largest absolute Gasteiger partial charge is 0.309 e. The van der Waals surface area contributed by atoms with Crippen LogP contribution < -0.4 is 0 Å². The molecule has 0 spiro atoms. The molecule has 152 valence electrons. The molecule has 0 aliphatic carbocycles. The van der Waals surface area contributed by atoms with E-state index < -0.39 is 0 Å². The summed E-state index contributed by atoms with van der Waals surface area (Å²) in [4.78, 5) is 0. The summed E-state index contributed by atoms with van der Waals surface area (Å²) in [6.07, 6.45) is 0. The van der Waals surface area contributed by atoms with Crippen molar-refractivity contribution in [1.82, 2.24) is 4.57 Å². The van der Waals surface area contributed by atoms with Crippen molar-refractivity contribution in [2.75, 3.05) is 0 Å². The predicted molar refractivity (Wildman–Crippen MR) is 139 cm³/mol. The minimum absolute atomic E-state index is 1.10. The third kappa shape index (κ3) is 3.24. The molecule has 5 aromatic carbocycles. The quantitative estimate of drug-likeness (QED) is 0.241. The second-order valence-electron chi connectivity index (χ2n) is 8.00. The number of para-hydroxylation sites is 1. The molecule has 32 heavy (non-hydrogen) atoms. The maximum atomic E-state index is 3.63. The first-order chi connectivity index (χ1) is 15.8. The van der Waals surface area contributed by atoms with E-state index in [4.69, 9.17) is 0 Å². The molecule has 0 aliphatic heterocycles. The molecule has 6 aromatic rings. The van der Waals surface area contributed by atoms with Crippen LogP contribution in [0.4, 0.5) is 0 Å². The molecular formula is C30H20BrN. The molecule has 0 amide bonds. The summed E-state index contributed by atoms with van der Waals surface area (Å²) in [7, 11) is 0. The molecule has 0 saturated heterocycles. The molecule has 0 N–H and O–H groups in total. The lowest BCUT2D eigenvalue weighted by atomic mass is 10.0. The summed E-state index contributed by atoms with van der Waals surface area (Å²) in [5.74, 6) is 0. The zero-order chi connectivity index (χ0) is 21.5. The third-order valence-electron chi connectivity index (χ3n) is 6.09. The van der Waals surface area contributed by atoms with Crippen molar-refractivity contribution >= 4 is 37.7 Å². The molecule has 0 radical (unpaired) electrons. The number of aromatic nitrogens is 1. The van der Waals surface area contributed by atoms with Crippen molar-refractivity contribution < 1.29 is 0 Å². The lowest BCUT2D eigenvalue weighted by Crippen LogP contribution is -1.93. The molecule has 0 unspecified atom stereocenters. The number of fused-ring (bicyclic) bond motifs is 3. The Hall–Kier alpha value is -3.62. The predicted octanol–water partition coefficient (Wildman–Crippen LogP) is 8.88. The fraction of sp³-hybridized carbons (Fsp3) is 0. The Balaban J connectivity index is 1.40. The number of hydrogen-bond donors (Lipinski definition) is 0. The minimum Gasteiger partial charge on any atom is -0.309 e. The molecular weight excluding hydrogens is 454 g/mol. The number of hydrogen-bond acceptors (Lipinski definition) is 0. The summed E-state index contributed by atoms with van der Waals surface area (Å²) in [5, 5.41) is 2.53. The second kappa shape index (κ2) is 7.81. The van der Waals surface area contributed by atoms with Crippen LogP contribution >= 0.6 is 15.9 Å². The molecule has 1 heterocycles. The second-order valence-corrected chi connectivity index (χ2v) is 8.92. The van der Waals surface area contributed by atoms with Crippen LogP contribution in [0.15, 0.2) is 126 Å². The van der Waals surface area contributed by atoms with Crippen LogP contribution in [0.25, 0.3) is 49.7 Å². The van der Waals surface area contributed by atoms with Crippen molar-refractivity contribution in [2.24, 2.45) is 0 Å². The van der Waals surface area contributed by atoms with Crippen molar-refractivity contribution in [3.63, 3.8) is 0 Å². The van der Waals surface area contributed by atoms with E-state index in [2.05, 4.69) is 142 Å². The molecule has 0 fully saturated rings. The molecule has 2 heteroatoms. The van der Waals surface area contributed by atoms with E-state index in [-0.39, 0.29) is 0 Å². The van der Waals surface area contributed by atoms with Crippen LogP contribution in [0.5, 0.6) is 0 Å². The first kappa shape index (κ1) is 19.1. The van der Waals surface area contributed by atoms with Gasteiger partial charge in [0, 0.05) is 20.9 Å². The van der Waals surface area contributed by atoms with Gasteiger partial charge in [0.05, 0.1) is 11.0 Å². The number of rotatable bonds is 3. The Morgan fingerprint density at radius 1 is 0.438 bits per heavy atom. The smallest absolute Gasteiger partial charge is 0.0541 e. The fourth-order valence-corrected chi connectivity index (χ4v) is 4.87. The average molecular weight is 474 g/mol. The summed E-state index contributed by atoms with van der Waals surface area (Å²) in [6, 6.07) is 43.3. The van der Waals surface area contributed by atoms with Gasteiger partial charge in [-0.3, -0.25) is 0 Å². The van der Waals surface area contributed by atoms with Gasteiger partial charge in [-0.25, -0.2) is 0 Å². The van der Waals surface area contributed by atoms with Gasteiger partial charge in [-0.1, -0.05) is 101 Å². The summed E-state index contributed by atoms with van der Waals surface area (Å²) < 4.78 is 3.45. The molecule has 6 rings (SSSR count). The Morgan fingerprint density at radius 3 is 1.66 bits per heavy atom. The van der Waals surface area contributed by atoms with E-state index in [1.807, 2.05) is 0 Å². The average Bonchev–Trinajstić information content (AvgIpc) is 3.18. The van der Waals surface area contributed by atoms with E-state index in [1.165, 1.54) is 49.7 Å². The van der Waals surface area contributed by atoms with Gasteiger partial charge in [-0.15, -0.1) is 0 Å². The Kier molecular flexibility index (Phi) is 4.66. The van der Waals surface area contributed by atoms with E-state index in [0.717, 1.165) is 4.47 Å². The number of halogens is 1. The van der Waals surface area contributed by atoms with Crippen molar-refractivity contribution in [1.29, 1.82) is 0 Å². The number of nitrogens with zero attached hydrogens (tertiary/aromatic N) is 1. The van der Waals surface area contributed by atoms with Crippen LogP contribution in [-0.2, 0) is 0 Å². The summed E-state index contributed by atoms with van der Waals surface area (Å²) >= 11 is 3.63. The topological polar surface area (TPSA) is 4.93 Å². The summed E-state index contributed by atoms with van der Waals surface area (Å²) in [5.41, 5.74) is 8.53. The highest BCUT2D eigenvalue weighted by atomic mass is 79.9. The number of benzene rings is 5. The lowest BCUT2D eigenvalue weighted by Gasteiger charge is -2.10. The Bertz CT molecular complexity index is 1540. The van der Waals surface area contributed by atoms with Crippen LogP contribution in [0.2, 0.25) is 0 Å². The maximum Gasteiger partial charge on any atom is 0.0541 e. The minimum atomic E-state index is 1.10. The maximum absolute atomic E-state index is 3.63. The highest BCUT2D eigenvalue weighted by Gasteiger charge is 2.12. The van der Waals surface area contributed by atoms with Gasteiger partial charge >= 0.3 is 0 Å². The van der Waals surface area contributed by atoms with Crippen LogP contribution in [-0.4, -0.2) is 4.57 Å². The Labute approximate surface area is 195 Å². The van der Waals surface area contributed by atoms with Crippen LogP contribution in [0.3, 0.4) is 0 Å². The first-order valence-electron chi connectivity index (χ1n) is 10.7. The molecule has 0 aliphatic rings. The van der Waals surface area contributed by atoms with E-state index in [1.54, 1.807) is 0 Å². The van der Waals surface area contributed by atoms with Gasteiger partial charge in [0.1, 0.15) is 0 Å². The van der Waals surface area contributed by atoms with Crippen LogP contribution in [0, 0.1) is 0 Å². The van der Waals surface area contributed by atoms with E-state index in [9.17, 15) is 0 Å². The lowest BCUT2D eigenvalue weighted by molar-refractivity contribution is 1.18. The highest BCUT2D eigenvalue weighted by molar-refractivity contribution is 9.10. The third-order valence-corrected chi connectivity index (χ3v) is 6.58.